The molecule has 1 aromatic heterocycles. The summed E-state index contributed by atoms with van der Waals surface area (Å²) < 4.78 is 0. The summed E-state index contributed by atoms with van der Waals surface area (Å²) in [4.78, 5) is 6.26. The quantitative estimate of drug-likeness (QED) is 0.826. The second-order valence-corrected chi connectivity index (χ2v) is 4.73. The zero-order valence-corrected chi connectivity index (χ0v) is 11.0. The van der Waals surface area contributed by atoms with Crippen LogP contribution in [-0.4, -0.2) is 37.1 Å². The van der Waals surface area contributed by atoms with E-state index in [1.54, 1.807) is 12.4 Å². The Balaban J connectivity index is 2.45. The van der Waals surface area contributed by atoms with Crippen LogP contribution in [0.5, 0.6) is 0 Å². The lowest BCUT2D eigenvalue weighted by Crippen LogP contribution is -2.29. The third kappa shape index (κ3) is 4.47. The smallest absolute Gasteiger partial charge is 0.0634 e. The predicted molar refractivity (Wildman–Crippen MR) is 68.7 cm³/mol. The molecule has 0 aromatic carbocycles. The van der Waals surface area contributed by atoms with Crippen LogP contribution in [0.25, 0.3) is 0 Å². The standard InChI is InChI=1S/C12H20ClN3/c1-10(6-14-2)8-16(3)9-11-4-5-15-7-12(11)13/h4-5,7,10,14H,6,8-9H2,1-3H3. The molecule has 0 fully saturated rings. The van der Waals surface area contributed by atoms with E-state index >= 15 is 0 Å². The van der Waals surface area contributed by atoms with E-state index in [-0.39, 0.29) is 0 Å². The van der Waals surface area contributed by atoms with Crippen LogP contribution in [0.2, 0.25) is 5.02 Å². The zero-order chi connectivity index (χ0) is 12.0. The van der Waals surface area contributed by atoms with Crippen LogP contribution in [0.4, 0.5) is 0 Å². The first kappa shape index (κ1) is 13.4. The lowest BCUT2D eigenvalue weighted by atomic mass is 10.1. The molecule has 1 N–H and O–H groups in total. The van der Waals surface area contributed by atoms with Crippen molar-refractivity contribution in [3.05, 3.63) is 29.0 Å². The SMILES string of the molecule is CNCC(C)CN(C)Cc1ccncc1Cl. The zero-order valence-electron chi connectivity index (χ0n) is 10.2. The first-order valence-electron chi connectivity index (χ1n) is 5.55. The Kier molecular flexibility index (Phi) is 5.74. The van der Waals surface area contributed by atoms with Gasteiger partial charge in [-0.2, -0.15) is 0 Å². The van der Waals surface area contributed by atoms with Crippen molar-refractivity contribution >= 4 is 11.6 Å². The summed E-state index contributed by atoms with van der Waals surface area (Å²) in [6.07, 6.45) is 3.48. The Labute approximate surface area is 103 Å². The normalized spacial score (nSPS) is 13.1. The second-order valence-electron chi connectivity index (χ2n) is 4.33. The minimum atomic E-state index is 0.635. The molecule has 0 saturated heterocycles. The maximum atomic E-state index is 6.06. The molecule has 1 aromatic rings. The molecule has 1 rings (SSSR count). The van der Waals surface area contributed by atoms with E-state index in [9.17, 15) is 0 Å². The molecule has 0 spiro atoms. The van der Waals surface area contributed by atoms with Gasteiger partial charge in [-0.3, -0.25) is 4.98 Å². The fraction of sp³-hybridized carbons (Fsp3) is 0.583. The van der Waals surface area contributed by atoms with Crippen molar-refractivity contribution in [1.29, 1.82) is 0 Å². The molecule has 0 amide bonds. The van der Waals surface area contributed by atoms with E-state index in [1.807, 2.05) is 13.1 Å². The van der Waals surface area contributed by atoms with Crippen LogP contribution in [0.3, 0.4) is 0 Å². The molecule has 1 atom stereocenters. The van der Waals surface area contributed by atoms with E-state index in [2.05, 4.69) is 29.2 Å². The average Bonchev–Trinajstić information content (AvgIpc) is 2.21. The van der Waals surface area contributed by atoms with Crippen LogP contribution < -0.4 is 5.32 Å². The number of halogens is 1. The van der Waals surface area contributed by atoms with Crippen molar-refractivity contribution in [2.45, 2.75) is 13.5 Å². The van der Waals surface area contributed by atoms with Gasteiger partial charge in [0.2, 0.25) is 0 Å². The van der Waals surface area contributed by atoms with Gasteiger partial charge in [0, 0.05) is 25.5 Å². The molecule has 0 aliphatic heterocycles. The van der Waals surface area contributed by atoms with Crippen molar-refractivity contribution in [2.24, 2.45) is 5.92 Å². The van der Waals surface area contributed by atoms with E-state index in [4.69, 9.17) is 11.6 Å². The number of hydrogen-bond donors (Lipinski definition) is 1. The van der Waals surface area contributed by atoms with Crippen molar-refractivity contribution in [3.63, 3.8) is 0 Å². The number of aromatic nitrogens is 1. The molecule has 4 heteroatoms. The number of rotatable bonds is 6. The summed E-state index contributed by atoms with van der Waals surface area (Å²) in [7, 11) is 4.10. The number of pyridine rings is 1. The van der Waals surface area contributed by atoms with Crippen molar-refractivity contribution < 1.29 is 0 Å². The largest absolute Gasteiger partial charge is 0.319 e. The van der Waals surface area contributed by atoms with Gasteiger partial charge in [-0.05, 0) is 38.2 Å². The molecule has 1 heterocycles. The third-order valence-corrected chi connectivity index (χ3v) is 2.81. The highest BCUT2D eigenvalue weighted by molar-refractivity contribution is 6.31. The van der Waals surface area contributed by atoms with Gasteiger partial charge >= 0.3 is 0 Å². The van der Waals surface area contributed by atoms with Crippen molar-refractivity contribution in [1.82, 2.24) is 15.2 Å². The van der Waals surface area contributed by atoms with Crippen LogP contribution in [0.15, 0.2) is 18.5 Å². The Morgan fingerprint density at radius 3 is 2.94 bits per heavy atom. The molecule has 0 radical (unpaired) electrons. The first-order valence-corrected chi connectivity index (χ1v) is 5.92. The number of nitrogens with one attached hydrogen (secondary N) is 1. The highest BCUT2D eigenvalue weighted by Gasteiger charge is 2.07. The van der Waals surface area contributed by atoms with Gasteiger partial charge in [-0.25, -0.2) is 0 Å². The van der Waals surface area contributed by atoms with E-state index in [0.29, 0.717) is 5.92 Å². The van der Waals surface area contributed by atoms with Gasteiger partial charge in [-0.15, -0.1) is 0 Å². The van der Waals surface area contributed by atoms with Crippen molar-refractivity contribution in [3.8, 4) is 0 Å². The Hall–Kier alpha value is -0.640. The predicted octanol–water partition coefficient (Wildman–Crippen LogP) is 2.02. The molecule has 16 heavy (non-hydrogen) atoms. The van der Waals surface area contributed by atoms with E-state index < -0.39 is 0 Å². The molecule has 3 nitrogen and oxygen atoms in total. The molecule has 0 bridgehead atoms. The lowest BCUT2D eigenvalue weighted by Gasteiger charge is -2.21. The van der Waals surface area contributed by atoms with E-state index in [1.165, 1.54) is 0 Å². The molecular weight excluding hydrogens is 222 g/mol. The number of nitrogens with zero attached hydrogens (tertiary/aromatic N) is 2. The highest BCUT2D eigenvalue weighted by Crippen LogP contribution is 2.15. The molecule has 0 aliphatic carbocycles. The van der Waals surface area contributed by atoms with Crippen LogP contribution in [0, 0.1) is 5.92 Å². The fourth-order valence-corrected chi connectivity index (χ4v) is 2.01. The monoisotopic (exact) mass is 241 g/mol. The Morgan fingerprint density at radius 2 is 2.31 bits per heavy atom. The fourth-order valence-electron chi connectivity index (χ4n) is 1.83. The highest BCUT2D eigenvalue weighted by atomic mass is 35.5. The summed E-state index contributed by atoms with van der Waals surface area (Å²) in [5, 5.41) is 3.93. The van der Waals surface area contributed by atoms with Crippen LogP contribution >= 0.6 is 11.6 Å². The first-order chi connectivity index (χ1) is 7.63. The van der Waals surface area contributed by atoms with Gasteiger partial charge in [0.25, 0.3) is 0 Å². The summed E-state index contributed by atoms with van der Waals surface area (Å²) in [5.41, 5.74) is 1.14. The Bertz CT molecular complexity index is 317. The third-order valence-electron chi connectivity index (χ3n) is 2.47. The van der Waals surface area contributed by atoms with Gasteiger partial charge < -0.3 is 10.2 Å². The second kappa shape index (κ2) is 6.84. The minimum Gasteiger partial charge on any atom is -0.319 e. The van der Waals surface area contributed by atoms with Crippen molar-refractivity contribution in [2.75, 3.05) is 27.2 Å². The Morgan fingerprint density at radius 1 is 1.56 bits per heavy atom. The van der Waals surface area contributed by atoms with Gasteiger partial charge in [-0.1, -0.05) is 18.5 Å². The topological polar surface area (TPSA) is 28.2 Å². The van der Waals surface area contributed by atoms with Gasteiger partial charge in [0.15, 0.2) is 0 Å². The average molecular weight is 242 g/mol. The van der Waals surface area contributed by atoms with Gasteiger partial charge in [0.1, 0.15) is 0 Å². The van der Waals surface area contributed by atoms with E-state index in [0.717, 1.165) is 30.2 Å². The molecule has 0 aliphatic rings. The maximum absolute atomic E-state index is 6.06. The molecule has 90 valence electrons. The summed E-state index contributed by atoms with van der Waals surface area (Å²) in [6, 6.07) is 1.97. The van der Waals surface area contributed by atoms with Gasteiger partial charge in [0.05, 0.1) is 5.02 Å². The molecule has 1 unspecified atom stereocenters. The summed E-state index contributed by atoms with van der Waals surface area (Å²) in [6.45, 7) is 5.20. The van der Waals surface area contributed by atoms with Crippen LogP contribution in [-0.2, 0) is 6.54 Å². The lowest BCUT2D eigenvalue weighted by molar-refractivity contribution is 0.276. The minimum absolute atomic E-state index is 0.635. The summed E-state index contributed by atoms with van der Waals surface area (Å²) >= 11 is 6.06. The summed E-state index contributed by atoms with van der Waals surface area (Å²) in [5.74, 6) is 0.635. The number of hydrogen-bond acceptors (Lipinski definition) is 3. The molecule has 0 saturated carbocycles. The van der Waals surface area contributed by atoms with Crippen LogP contribution in [0.1, 0.15) is 12.5 Å². The maximum Gasteiger partial charge on any atom is 0.0634 e. The molecular formula is C12H20ClN3.